The Labute approximate surface area is 200 Å². The lowest BCUT2D eigenvalue weighted by Gasteiger charge is -2.32. The molecule has 0 aliphatic carbocycles. The highest BCUT2D eigenvalue weighted by Gasteiger charge is 2.27. The molecule has 0 fully saturated rings. The molecule has 1 aromatic carbocycles. The summed E-state index contributed by atoms with van der Waals surface area (Å²) in [5.41, 5.74) is 5.78. The van der Waals surface area contributed by atoms with E-state index in [9.17, 15) is 4.79 Å². The third kappa shape index (κ3) is 6.49. The van der Waals surface area contributed by atoms with E-state index in [4.69, 9.17) is 4.74 Å². The molecular formula is C28H41N3O2. The standard InChI is InChI=1S/C28H41N3O2/c1-26(2,3)21-14-20(15-22(16-21)27(4,5)6)24-18-29-17-23(30-24)19-10-12-31(13-11-19)25(32)33-28(7,8)9/h10,14-18,24,30H,11-13H2,1-9H3. The third-order valence-corrected chi connectivity index (χ3v) is 6.00. The molecule has 180 valence electrons. The molecule has 0 saturated carbocycles. The van der Waals surface area contributed by atoms with E-state index in [0.29, 0.717) is 13.1 Å². The maximum Gasteiger partial charge on any atom is 0.410 e. The predicted molar refractivity (Wildman–Crippen MR) is 137 cm³/mol. The van der Waals surface area contributed by atoms with E-state index in [2.05, 4.69) is 76.1 Å². The number of rotatable bonds is 2. The number of allylic oxidation sites excluding steroid dienone is 1. The van der Waals surface area contributed by atoms with Gasteiger partial charge in [-0.1, -0.05) is 65.8 Å². The quantitative estimate of drug-likeness (QED) is 0.566. The van der Waals surface area contributed by atoms with Crippen LogP contribution in [0.1, 0.15) is 91.5 Å². The number of ether oxygens (including phenoxy) is 1. The topological polar surface area (TPSA) is 53.9 Å². The highest BCUT2D eigenvalue weighted by Crippen LogP contribution is 2.33. The zero-order valence-electron chi connectivity index (χ0n) is 21.9. The highest BCUT2D eigenvalue weighted by molar-refractivity contribution is 5.71. The first-order valence-corrected chi connectivity index (χ1v) is 12.0. The number of nitrogens with one attached hydrogen (secondary N) is 1. The Kier molecular flexibility index (Phi) is 6.84. The van der Waals surface area contributed by atoms with Crippen molar-refractivity contribution >= 4 is 12.3 Å². The largest absolute Gasteiger partial charge is 0.444 e. The SMILES string of the molecule is CC(C)(C)OC(=O)N1CC=C(C2=CN=CC(c3cc(C(C)(C)C)cc(C(C)(C)C)c3)N2)CC1. The molecule has 1 aromatic rings. The summed E-state index contributed by atoms with van der Waals surface area (Å²) in [5.74, 6) is 0. The predicted octanol–water partition coefficient (Wildman–Crippen LogP) is 6.41. The number of hydrogen-bond acceptors (Lipinski definition) is 4. The van der Waals surface area contributed by atoms with Gasteiger partial charge in [0.05, 0.1) is 11.7 Å². The van der Waals surface area contributed by atoms with Gasteiger partial charge >= 0.3 is 6.09 Å². The second-order valence-electron chi connectivity index (χ2n) is 12.2. The summed E-state index contributed by atoms with van der Waals surface area (Å²) >= 11 is 0. The van der Waals surface area contributed by atoms with Crippen LogP contribution in [0.2, 0.25) is 0 Å². The second-order valence-corrected chi connectivity index (χ2v) is 12.2. The summed E-state index contributed by atoms with van der Waals surface area (Å²) in [6, 6.07) is 6.97. The van der Waals surface area contributed by atoms with Crippen molar-refractivity contribution in [3.63, 3.8) is 0 Å². The first-order valence-electron chi connectivity index (χ1n) is 12.0. The van der Waals surface area contributed by atoms with Crippen molar-refractivity contribution in [2.45, 2.75) is 91.2 Å². The molecule has 5 heteroatoms. The molecule has 0 aromatic heterocycles. The van der Waals surface area contributed by atoms with Gasteiger partial charge in [-0.25, -0.2) is 4.79 Å². The van der Waals surface area contributed by atoms with Gasteiger partial charge in [0.15, 0.2) is 0 Å². The van der Waals surface area contributed by atoms with Crippen molar-refractivity contribution in [1.29, 1.82) is 0 Å². The number of hydrogen-bond donors (Lipinski definition) is 1. The summed E-state index contributed by atoms with van der Waals surface area (Å²) in [6.45, 7) is 20.4. The molecule has 1 amide bonds. The Morgan fingerprint density at radius 2 is 1.61 bits per heavy atom. The Morgan fingerprint density at radius 3 is 2.09 bits per heavy atom. The molecule has 5 nitrogen and oxygen atoms in total. The smallest absolute Gasteiger partial charge is 0.410 e. The molecule has 1 atom stereocenters. The molecule has 0 radical (unpaired) electrons. The first kappa shape index (κ1) is 25.1. The van der Waals surface area contributed by atoms with Crippen LogP contribution in [-0.4, -0.2) is 35.9 Å². The van der Waals surface area contributed by atoms with Gasteiger partial charge in [0, 0.05) is 25.5 Å². The summed E-state index contributed by atoms with van der Waals surface area (Å²) < 4.78 is 5.51. The number of amides is 1. The fourth-order valence-corrected chi connectivity index (χ4v) is 3.89. The fourth-order valence-electron chi connectivity index (χ4n) is 3.89. The Balaban J connectivity index is 1.78. The minimum Gasteiger partial charge on any atom is -0.444 e. The molecular weight excluding hydrogens is 410 g/mol. The van der Waals surface area contributed by atoms with Crippen LogP contribution in [0.4, 0.5) is 4.79 Å². The Morgan fingerprint density at radius 1 is 1.00 bits per heavy atom. The second kappa shape index (κ2) is 9.00. The average Bonchev–Trinajstić information content (AvgIpc) is 2.71. The van der Waals surface area contributed by atoms with Crippen molar-refractivity contribution in [1.82, 2.24) is 10.2 Å². The molecule has 0 saturated heterocycles. The van der Waals surface area contributed by atoms with E-state index < -0.39 is 5.60 Å². The number of nitrogens with zero attached hydrogens (tertiary/aromatic N) is 2. The van der Waals surface area contributed by atoms with Gasteiger partial charge in [0.25, 0.3) is 0 Å². The van der Waals surface area contributed by atoms with Crippen LogP contribution in [0.5, 0.6) is 0 Å². The molecule has 33 heavy (non-hydrogen) atoms. The monoisotopic (exact) mass is 451 g/mol. The molecule has 0 bridgehead atoms. The van der Waals surface area contributed by atoms with Crippen LogP contribution in [0.15, 0.2) is 46.7 Å². The lowest BCUT2D eigenvalue weighted by Crippen LogP contribution is -2.40. The van der Waals surface area contributed by atoms with Crippen LogP contribution in [-0.2, 0) is 15.6 Å². The van der Waals surface area contributed by atoms with E-state index in [1.54, 1.807) is 4.90 Å². The first-order chi connectivity index (χ1) is 15.1. The summed E-state index contributed by atoms with van der Waals surface area (Å²) in [6.07, 6.45) is 6.50. The van der Waals surface area contributed by atoms with Crippen LogP contribution < -0.4 is 5.32 Å². The van der Waals surface area contributed by atoms with Crippen LogP contribution in [0.3, 0.4) is 0 Å². The van der Waals surface area contributed by atoms with E-state index in [1.165, 1.54) is 22.3 Å². The molecule has 2 heterocycles. The number of carbonyl (C=O) groups is 1. The fraction of sp³-hybridized carbons (Fsp3) is 0.571. The van der Waals surface area contributed by atoms with Gasteiger partial charge in [-0.05, 0) is 60.3 Å². The normalized spacial score (nSPS) is 19.5. The molecule has 2 aliphatic heterocycles. The van der Waals surface area contributed by atoms with Gasteiger partial charge in [0.1, 0.15) is 5.60 Å². The van der Waals surface area contributed by atoms with E-state index in [0.717, 1.165) is 12.1 Å². The third-order valence-electron chi connectivity index (χ3n) is 6.00. The van der Waals surface area contributed by atoms with Crippen molar-refractivity contribution < 1.29 is 9.53 Å². The Bertz CT molecular complexity index is 950. The molecule has 2 aliphatic rings. The molecule has 3 rings (SSSR count). The number of benzene rings is 1. The zero-order chi connectivity index (χ0) is 24.6. The summed E-state index contributed by atoms with van der Waals surface area (Å²) in [7, 11) is 0. The van der Waals surface area contributed by atoms with E-state index in [1.807, 2.05) is 33.2 Å². The maximum atomic E-state index is 12.4. The molecule has 1 unspecified atom stereocenters. The van der Waals surface area contributed by atoms with E-state index in [-0.39, 0.29) is 23.0 Å². The van der Waals surface area contributed by atoms with Crippen molar-refractivity contribution in [3.8, 4) is 0 Å². The Hall–Kier alpha value is -2.56. The maximum absolute atomic E-state index is 12.4. The number of carbonyl (C=O) groups excluding carboxylic acids is 1. The van der Waals surface area contributed by atoms with Crippen molar-refractivity contribution in [2.24, 2.45) is 4.99 Å². The van der Waals surface area contributed by atoms with Gasteiger partial charge < -0.3 is 15.0 Å². The molecule has 0 spiro atoms. The highest BCUT2D eigenvalue weighted by atomic mass is 16.6. The summed E-state index contributed by atoms with van der Waals surface area (Å²) in [4.78, 5) is 18.7. The van der Waals surface area contributed by atoms with E-state index >= 15 is 0 Å². The average molecular weight is 452 g/mol. The van der Waals surface area contributed by atoms with Gasteiger partial charge in [-0.3, -0.25) is 4.99 Å². The van der Waals surface area contributed by atoms with Gasteiger partial charge in [-0.15, -0.1) is 0 Å². The number of aliphatic imine (C=N–C) groups is 1. The van der Waals surface area contributed by atoms with Crippen LogP contribution in [0.25, 0.3) is 0 Å². The zero-order valence-corrected chi connectivity index (χ0v) is 21.9. The van der Waals surface area contributed by atoms with Gasteiger partial charge in [0.2, 0.25) is 0 Å². The summed E-state index contributed by atoms with van der Waals surface area (Å²) in [5, 5.41) is 3.69. The van der Waals surface area contributed by atoms with Crippen LogP contribution in [0, 0.1) is 0 Å². The lowest BCUT2D eigenvalue weighted by molar-refractivity contribution is 0.0266. The van der Waals surface area contributed by atoms with Crippen LogP contribution >= 0.6 is 0 Å². The minimum absolute atomic E-state index is 0.0122. The van der Waals surface area contributed by atoms with Gasteiger partial charge in [-0.2, -0.15) is 0 Å². The molecule has 1 N–H and O–H groups in total. The lowest BCUT2D eigenvalue weighted by atomic mass is 9.79. The van der Waals surface area contributed by atoms with Crippen molar-refractivity contribution in [3.05, 3.63) is 58.4 Å². The van der Waals surface area contributed by atoms with Crippen molar-refractivity contribution in [2.75, 3.05) is 13.1 Å². The minimum atomic E-state index is -0.482.